The van der Waals surface area contributed by atoms with E-state index in [9.17, 15) is 18.0 Å². The second kappa shape index (κ2) is 9.08. The molecule has 1 saturated heterocycles. The van der Waals surface area contributed by atoms with Gasteiger partial charge in [-0.2, -0.15) is 18.3 Å². The molecular weight excluding hydrogens is 473 g/mol. The van der Waals surface area contributed by atoms with Crippen LogP contribution in [0.25, 0.3) is 5.69 Å². The minimum absolute atomic E-state index is 0.0322. The number of carbonyl (C=O) groups is 1. The van der Waals surface area contributed by atoms with E-state index in [2.05, 4.69) is 35.9 Å². The van der Waals surface area contributed by atoms with Crippen LogP contribution in [-0.4, -0.2) is 58.1 Å². The highest BCUT2D eigenvalue weighted by molar-refractivity contribution is 5.99. The number of halogens is 3. The molecule has 0 aromatic carbocycles. The summed E-state index contributed by atoms with van der Waals surface area (Å²) in [7, 11) is 0. The van der Waals surface area contributed by atoms with Crippen LogP contribution in [0.3, 0.4) is 0 Å². The average molecular weight is 501 g/mol. The molecule has 5 rings (SSSR count). The van der Waals surface area contributed by atoms with E-state index in [0.29, 0.717) is 17.1 Å². The lowest BCUT2D eigenvalue weighted by Gasteiger charge is -2.28. The standard InChI is InChI=1S/C24H27F3N8O/c1-15-3-4-17(14-29-15)35-21(13-19(33-35)23(7-8-23)24(25,26)27)32-22(36)31-18-5-6-20(30-16(18)2)34-11-9-28-10-12-34/h3-6,13-14,28H,7-12H2,1-2H3,(H2,31,32,36). The third-order valence-corrected chi connectivity index (χ3v) is 6.63. The van der Waals surface area contributed by atoms with Crippen molar-refractivity contribution in [2.24, 2.45) is 0 Å². The summed E-state index contributed by atoms with van der Waals surface area (Å²) in [6.45, 7) is 7.05. The predicted molar refractivity (Wildman–Crippen MR) is 130 cm³/mol. The molecule has 0 atom stereocenters. The Kier molecular flexibility index (Phi) is 6.07. The van der Waals surface area contributed by atoms with E-state index in [1.54, 1.807) is 32.0 Å². The van der Waals surface area contributed by atoms with Gasteiger partial charge in [0.05, 0.1) is 29.0 Å². The van der Waals surface area contributed by atoms with Crippen molar-refractivity contribution in [2.75, 3.05) is 41.7 Å². The molecule has 0 spiro atoms. The lowest BCUT2D eigenvalue weighted by Crippen LogP contribution is -2.43. The van der Waals surface area contributed by atoms with Gasteiger partial charge in [-0.05, 0) is 51.0 Å². The number of pyridine rings is 2. The van der Waals surface area contributed by atoms with E-state index in [4.69, 9.17) is 0 Å². The summed E-state index contributed by atoms with van der Waals surface area (Å²) in [5.74, 6) is 0.947. The molecule has 0 unspecified atom stereocenters. The predicted octanol–water partition coefficient (Wildman–Crippen LogP) is 3.93. The largest absolute Gasteiger partial charge is 0.400 e. The Morgan fingerprint density at radius 2 is 1.83 bits per heavy atom. The smallest absolute Gasteiger partial charge is 0.354 e. The van der Waals surface area contributed by atoms with Crippen molar-refractivity contribution in [1.82, 2.24) is 25.1 Å². The van der Waals surface area contributed by atoms with E-state index in [-0.39, 0.29) is 24.4 Å². The molecule has 0 radical (unpaired) electrons. The van der Waals surface area contributed by atoms with Crippen LogP contribution in [0.4, 0.5) is 35.3 Å². The summed E-state index contributed by atoms with van der Waals surface area (Å²) in [5, 5.41) is 12.9. The number of anilines is 3. The topological polar surface area (TPSA) is 100 Å². The highest BCUT2D eigenvalue weighted by Gasteiger charge is 2.66. The van der Waals surface area contributed by atoms with Crippen molar-refractivity contribution in [3.63, 3.8) is 0 Å². The number of hydrogen-bond acceptors (Lipinski definition) is 6. The van der Waals surface area contributed by atoms with E-state index >= 15 is 0 Å². The summed E-state index contributed by atoms with van der Waals surface area (Å²) in [4.78, 5) is 23.9. The van der Waals surface area contributed by atoms with E-state index in [1.165, 1.54) is 16.9 Å². The van der Waals surface area contributed by atoms with Gasteiger partial charge in [0.2, 0.25) is 0 Å². The summed E-state index contributed by atoms with van der Waals surface area (Å²) < 4.78 is 42.6. The van der Waals surface area contributed by atoms with Gasteiger partial charge in [0.15, 0.2) is 0 Å². The highest BCUT2D eigenvalue weighted by Crippen LogP contribution is 2.58. The van der Waals surface area contributed by atoms with Crippen molar-refractivity contribution in [2.45, 2.75) is 38.3 Å². The Balaban J connectivity index is 1.38. The summed E-state index contributed by atoms with van der Waals surface area (Å²) >= 11 is 0. The van der Waals surface area contributed by atoms with Crippen LogP contribution < -0.4 is 20.9 Å². The first-order valence-corrected chi connectivity index (χ1v) is 11.8. The quantitative estimate of drug-likeness (QED) is 0.491. The molecule has 4 heterocycles. The molecule has 3 aromatic heterocycles. The van der Waals surface area contributed by atoms with Crippen LogP contribution in [0.1, 0.15) is 29.9 Å². The summed E-state index contributed by atoms with van der Waals surface area (Å²) in [5.41, 5.74) is 0.224. The maximum Gasteiger partial charge on any atom is 0.400 e. The van der Waals surface area contributed by atoms with Crippen LogP contribution >= 0.6 is 0 Å². The highest BCUT2D eigenvalue weighted by atomic mass is 19.4. The van der Waals surface area contributed by atoms with E-state index in [1.807, 2.05) is 6.07 Å². The Morgan fingerprint density at radius 1 is 1.08 bits per heavy atom. The fourth-order valence-corrected chi connectivity index (χ4v) is 4.32. The molecule has 190 valence electrons. The molecule has 36 heavy (non-hydrogen) atoms. The Labute approximate surface area is 206 Å². The number of alkyl halides is 3. The number of aryl methyl sites for hydroxylation is 2. The minimum atomic E-state index is -4.42. The van der Waals surface area contributed by atoms with Crippen molar-refractivity contribution in [3.05, 3.63) is 53.6 Å². The van der Waals surface area contributed by atoms with Crippen molar-refractivity contribution < 1.29 is 18.0 Å². The van der Waals surface area contributed by atoms with Crippen LogP contribution in [0, 0.1) is 13.8 Å². The van der Waals surface area contributed by atoms with Gasteiger partial charge in [0, 0.05) is 37.9 Å². The fraction of sp³-hybridized carbons (Fsp3) is 0.417. The molecule has 0 bridgehead atoms. The monoisotopic (exact) mass is 500 g/mol. The fourth-order valence-electron chi connectivity index (χ4n) is 4.32. The zero-order valence-electron chi connectivity index (χ0n) is 20.0. The Bertz CT molecular complexity index is 1260. The van der Waals surface area contributed by atoms with Crippen LogP contribution in [0.15, 0.2) is 36.5 Å². The van der Waals surface area contributed by atoms with Gasteiger partial charge in [-0.25, -0.2) is 14.5 Å². The Hall–Kier alpha value is -3.67. The summed E-state index contributed by atoms with van der Waals surface area (Å²) in [6.07, 6.45) is -2.98. The van der Waals surface area contributed by atoms with Crippen LogP contribution in [0.5, 0.6) is 0 Å². The molecule has 1 saturated carbocycles. The molecule has 3 aromatic rings. The molecule has 2 aliphatic rings. The molecule has 9 nitrogen and oxygen atoms in total. The van der Waals surface area contributed by atoms with Gasteiger partial charge < -0.3 is 15.5 Å². The van der Waals surface area contributed by atoms with Gasteiger partial charge in [-0.1, -0.05) is 0 Å². The zero-order valence-corrected chi connectivity index (χ0v) is 20.0. The average Bonchev–Trinajstić information content (AvgIpc) is 3.58. The number of hydrogen-bond donors (Lipinski definition) is 3. The third kappa shape index (κ3) is 4.60. The molecule has 3 N–H and O–H groups in total. The minimum Gasteiger partial charge on any atom is -0.354 e. The number of aromatic nitrogens is 4. The Morgan fingerprint density at radius 3 is 2.44 bits per heavy atom. The number of nitrogens with zero attached hydrogens (tertiary/aromatic N) is 5. The van der Waals surface area contributed by atoms with Crippen molar-refractivity contribution in [3.8, 4) is 5.69 Å². The number of rotatable bonds is 5. The molecule has 1 aliphatic carbocycles. The summed E-state index contributed by atoms with van der Waals surface area (Å²) in [6, 6.07) is 7.71. The molecule has 2 fully saturated rings. The molecular formula is C24H27F3N8O. The molecule has 1 aliphatic heterocycles. The zero-order chi connectivity index (χ0) is 25.5. The molecule has 2 amide bonds. The van der Waals surface area contributed by atoms with Crippen LogP contribution in [-0.2, 0) is 5.41 Å². The van der Waals surface area contributed by atoms with Gasteiger partial charge in [0.25, 0.3) is 0 Å². The first kappa shape index (κ1) is 24.0. The van der Waals surface area contributed by atoms with E-state index < -0.39 is 17.6 Å². The first-order valence-electron chi connectivity index (χ1n) is 11.8. The van der Waals surface area contributed by atoms with Gasteiger partial charge in [-0.15, -0.1) is 0 Å². The number of piperazine rings is 1. The SMILES string of the molecule is Cc1ccc(-n2nc(C3(C(F)(F)F)CC3)cc2NC(=O)Nc2ccc(N3CCNCC3)nc2C)cn1. The maximum absolute atomic E-state index is 13.8. The van der Waals surface area contributed by atoms with Crippen molar-refractivity contribution >= 4 is 23.4 Å². The number of carbonyl (C=O) groups excluding carboxylic acids is 1. The van der Waals surface area contributed by atoms with E-state index in [0.717, 1.165) is 37.7 Å². The number of nitrogens with one attached hydrogen (secondary N) is 3. The number of urea groups is 1. The van der Waals surface area contributed by atoms with Gasteiger partial charge in [-0.3, -0.25) is 10.3 Å². The van der Waals surface area contributed by atoms with Gasteiger partial charge in [0.1, 0.15) is 17.1 Å². The number of amides is 2. The molecule has 12 heteroatoms. The van der Waals surface area contributed by atoms with Gasteiger partial charge >= 0.3 is 12.2 Å². The van der Waals surface area contributed by atoms with Crippen molar-refractivity contribution in [1.29, 1.82) is 0 Å². The second-order valence-electron chi connectivity index (χ2n) is 9.18. The maximum atomic E-state index is 13.8. The third-order valence-electron chi connectivity index (χ3n) is 6.63. The second-order valence-corrected chi connectivity index (χ2v) is 9.18. The first-order chi connectivity index (χ1) is 17.2. The lowest BCUT2D eigenvalue weighted by molar-refractivity contribution is -0.161. The normalized spacial score (nSPS) is 17.1. The lowest BCUT2D eigenvalue weighted by atomic mass is 10.0. The van der Waals surface area contributed by atoms with Crippen LogP contribution in [0.2, 0.25) is 0 Å².